The van der Waals surface area contributed by atoms with Gasteiger partial charge in [0.25, 0.3) is 0 Å². The van der Waals surface area contributed by atoms with Gasteiger partial charge in [-0.1, -0.05) is 0 Å². The molecule has 0 bridgehead atoms. The van der Waals surface area contributed by atoms with E-state index in [4.69, 9.17) is 14.6 Å². The molecule has 106 valence electrons. The number of rotatable bonds is 5. The molecule has 1 aliphatic rings. The van der Waals surface area contributed by atoms with Crippen LogP contribution >= 0.6 is 0 Å². The van der Waals surface area contributed by atoms with E-state index in [-0.39, 0.29) is 51.4 Å². The summed E-state index contributed by atoms with van der Waals surface area (Å²) in [5.74, 6) is -1.33. The molecule has 0 radical (unpaired) electrons. The van der Waals surface area contributed by atoms with E-state index in [0.717, 1.165) is 0 Å². The Kier molecular flexibility index (Phi) is 9.41. The Morgan fingerprint density at radius 3 is 2.37 bits per heavy atom. The number of carbonyl (C=O) groups is 1. The summed E-state index contributed by atoms with van der Waals surface area (Å²) in [6, 6.07) is 0. The Bertz CT molecular complexity index is 287. The maximum Gasteiger partial charge on any atom is 1.00 e. The van der Waals surface area contributed by atoms with Gasteiger partial charge >= 0.3 is 51.4 Å². The van der Waals surface area contributed by atoms with Crippen molar-refractivity contribution in [2.24, 2.45) is 0 Å². The number of aliphatic hydroxyl groups excluding tert-OH is 4. The molecule has 0 aliphatic carbocycles. The molecule has 0 aromatic heterocycles. The first-order valence-electron chi connectivity index (χ1n) is 5.52. The minimum Gasteiger partial charge on any atom is -0.550 e. The van der Waals surface area contributed by atoms with Crippen LogP contribution in [0.15, 0.2) is 0 Å². The fourth-order valence-corrected chi connectivity index (χ4v) is 1.69. The molecule has 0 aromatic rings. The van der Waals surface area contributed by atoms with Gasteiger partial charge in [-0.05, 0) is 6.92 Å². The molecular formula is C10H17KO8. The Balaban J connectivity index is 0.00000324. The van der Waals surface area contributed by atoms with Gasteiger partial charge in [0.15, 0.2) is 6.29 Å². The van der Waals surface area contributed by atoms with Crippen molar-refractivity contribution in [2.75, 3.05) is 6.61 Å². The average molecular weight is 304 g/mol. The minimum absolute atomic E-state index is 0. The zero-order chi connectivity index (χ0) is 13.9. The molecule has 19 heavy (non-hydrogen) atoms. The Morgan fingerprint density at radius 2 is 1.89 bits per heavy atom. The van der Waals surface area contributed by atoms with Gasteiger partial charge in [0.2, 0.25) is 0 Å². The maximum absolute atomic E-state index is 10.3. The number of hydrogen-bond donors (Lipinski definition) is 4. The van der Waals surface area contributed by atoms with Crippen molar-refractivity contribution in [3.8, 4) is 0 Å². The van der Waals surface area contributed by atoms with Crippen molar-refractivity contribution in [1.82, 2.24) is 0 Å². The van der Waals surface area contributed by atoms with Crippen LogP contribution in [0.2, 0.25) is 0 Å². The van der Waals surface area contributed by atoms with Gasteiger partial charge in [-0.3, -0.25) is 0 Å². The molecule has 9 heteroatoms. The summed E-state index contributed by atoms with van der Waals surface area (Å²) in [5.41, 5.74) is 0. The quantitative estimate of drug-likeness (QED) is 0.368. The van der Waals surface area contributed by atoms with Gasteiger partial charge < -0.3 is 39.8 Å². The van der Waals surface area contributed by atoms with Crippen LogP contribution in [0.4, 0.5) is 0 Å². The van der Waals surface area contributed by atoms with E-state index in [2.05, 4.69) is 0 Å². The average Bonchev–Trinajstić information content (AvgIpc) is 2.29. The third kappa shape index (κ3) is 5.63. The summed E-state index contributed by atoms with van der Waals surface area (Å²) >= 11 is 0. The zero-order valence-corrected chi connectivity index (χ0v) is 13.9. The van der Waals surface area contributed by atoms with Crippen molar-refractivity contribution in [3.05, 3.63) is 0 Å². The number of carbonyl (C=O) groups excluding carboxylic acids is 1. The van der Waals surface area contributed by atoms with Gasteiger partial charge in [0, 0.05) is 12.4 Å². The summed E-state index contributed by atoms with van der Waals surface area (Å²) in [4.78, 5) is 10.3. The van der Waals surface area contributed by atoms with Gasteiger partial charge in [0.05, 0.1) is 12.7 Å². The second-order valence-electron chi connectivity index (χ2n) is 4.22. The fraction of sp³-hybridized carbons (Fsp3) is 0.900. The first-order chi connectivity index (χ1) is 8.36. The summed E-state index contributed by atoms with van der Waals surface area (Å²) in [6.07, 6.45) is -8.17. The smallest absolute Gasteiger partial charge is 0.550 e. The topological polar surface area (TPSA) is 140 Å². The minimum atomic E-state index is -1.55. The molecule has 0 amide bonds. The first-order valence-corrected chi connectivity index (χ1v) is 5.52. The van der Waals surface area contributed by atoms with Crippen LogP contribution in [-0.2, 0) is 14.3 Å². The van der Waals surface area contributed by atoms with E-state index < -0.39 is 55.8 Å². The monoisotopic (exact) mass is 304 g/mol. The first kappa shape index (κ1) is 19.9. The molecule has 0 aromatic carbocycles. The predicted molar refractivity (Wildman–Crippen MR) is 53.9 cm³/mol. The van der Waals surface area contributed by atoms with E-state index in [1.54, 1.807) is 0 Å². The van der Waals surface area contributed by atoms with E-state index in [0.29, 0.717) is 0 Å². The molecule has 1 heterocycles. The molecule has 1 saturated heterocycles. The number of aliphatic hydroxyl groups is 4. The molecule has 6 atom stereocenters. The van der Waals surface area contributed by atoms with Crippen molar-refractivity contribution >= 4 is 5.97 Å². The van der Waals surface area contributed by atoms with Crippen LogP contribution in [-0.4, -0.2) is 69.8 Å². The third-order valence-electron chi connectivity index (χ3n) is 2.67. The SMILES string of the molecule is CC(CC(=O)[O-])O[C@H]1OC(CO)[C@@H](O)[C@H](O)C1O.[K+]. The van der Waals surface area contributed by atoms with Crippen LogP contribution in [0.5, 0.6) is 0 Å². The predicted octanol–water partition coefficient (Wildman–Crippen LogP) is -6.66. The number of carboxylic acids is 1. The molecular weight excluding hydrogens is 287 g/mol. The van der Waals surface area contributed by atoms with Crippen LogP contribution in [0.3, 0.4) is 0 Å². The van der Waals surface area contributed by atoms with E-state index >= 15 is 0 Å². The van der Waals surface area contributed by atoms with Crippen molar-refractivity contribution in [3.63, 3.8) is 0 Å². The Hall–Kier alpha value is 0.866. The number of hydrogen-bond acceptors (Lipinski definition) is 8. The van der Waals surface area contributed by atoms with Crippen LogP contribution in [0.1, 0.15) is 13.3 Å². The van der Waals surface area contributed by atoms with Crippen molar-refractivity contribution < 1.29 is 91.2 Å². The molecule has 3 unspecified atom stereocenters. The van der Waals surface area contributed by atoms with E-state index in [1.807, 2.05) is 0 Å². The molecule has 0 spiro atoms. The largest absolute Gasteiger partial charge is 1.00 e. The van der Waals surface area contributed by atoms with E-state index in [1.165, 1.54) is 6.92 Å². The van der Waals surface area contributed by atoms with Crippen molar-refractivity contribution in [1.29, 1.82) is 0 Å². The van der Waals surface area contributed by atoms with Crippen LogP contribution in [0.25, 0.3) is 0 Å². The van der Waals surface area contributed by atoms with Gasteiger partial charge in [-0.15, -0.1) is 0 Å². The second kappa shape index (κ2) is 9.00. The molecule has 1 aliphatic heterocycles. The second-order valence-corrected chi connectivity index (χ2v) is 4.22. The van der Waals surface area contributed by atoms with Crippen molar-refractivity contribution in [2.45, 2.75) is 50.2 Å². The molecule has 1 fully saturated rings. The van der Waals surface area contributed by atoms with Gasteiger partial charge in [-0.25, -0.2) is 0 Å². The summed E-state index contributed by atoms with van der Waals surface area (Å²) in [5, 5.41) is 47.8. The van der Waals surface area contributed by atoms with Crippen LogP contribution in [0, 0.1) is 0 Å². The Labute approximate surface area is 152 Å². The normalized spacial score (nSPS) is 36.4. The molecule has 0 saturated carbocycles. The third-order valence-corrected chi connectivity index (χ3v) is 2.67. The number of aliphatic carboxylic acids is 1. The van der Waals surface area contributed by atoms with E-state index in [9.17, 15) is 25.2 Å². The van der Waals surface area contributed by atoms with Gasteiger partial charge in [0.1, 0.15) is 24.4 Å². The molecule has 1 rings (SSSR count). The zero-order valence-electron chi connectivity index (χ0n) is 10.8. The standard InChI is InChI=1S/C10H18O8.K/c1-4(2-6(12)13)17-10-9(16)8(15)7(14)5(3-11)18-10;/h4-5,7-11,14-16H,2-3H2,1H3,(H,12,13);/q;+1/p-1/t4?,5?,7-,8+,9?,10+;/m1./s1. The maximum atomic E-state index is 10.3. The Morgan fingerprint density at radius 1 is 1.32 bits per heavy atom. The van der Waals surface area contributed by atoms with Crippen LogP contribution < -0.4 is 56.5 Å². The number of ether oxygens (including phenoxy) is 2. The summed E-state index contributed by atoms with van der Waals surface area (Å²) in [6.45, 7) is 0.858. The van der Waals surface area contributed by atoms with Gasteiger partial charge in [-0.2, -0.15) is 0 Å². The summed E-state index contributed by atoms with van der Waals surface area (Å²) < 4.78 is 10.1. The number of carboxylic acid groups (broad SMARTS) is 1. The fourth-order valence-electron chi connectivity index (χ4n) is 1.69. The molecule has 4 N–H and O–H groups in total. The molecule has 8 nitrogen and oxygen atoms in total. The summed E-state index contributed by atoms with van der Waals surface area (Å²) in [7, 11) is 0.